The molecule has 138 valence electrons. The molecule has 0 fully saturated rings. The van der Waals surface area contributed by atoms with Gasteiger partial charge in [-0.15, -0.1) is 0 Å². The lowest BCUT2D eigenvalue weighted by Crippen LogP contribution is -2.40. The average molecular weight is 356 g/mol. The maximum absolute atomic E-state index is 12.2. The van der Waals surface area contributed by atoms with Crippen LogP contribution in [0.4, 0.5) is 4.79 Å². The number of nitrogens with one attached hydrogen (secondary N) is 1. The van der Waals surface area contributed by atoms with Gasteiger partial charge in [-0.05, 0) is 37.0 Å². The molecule has 1 atom stereocenters. The van der Waals surface area contributed by atoms with Crippen LogP contribution in [-0.4, -0.2) is 45.4 Å². The van der Waals surface area contributed by atoms with Crippen molar-refractivity contribution in [3.8, 4) is 5.69 Å². The Kier molecular flexibility index (Phi) is 5.25. The van der Waals surface area contributed by atoms with E-state index in [1.54, 1.807) is 14.0 Å². The summed E-state index contributed by atoms with van der Waals surface area (Å²) in [5.74, 6) is -1.52. The Balaban J connectivity index is 1.69. The fourth-order valence-corrected chi connectivity index (χ4v) is 3.30. The van der Waals surface area contributed by atoms with Gasteiger partial charge in [0.2, 0.25) is 0 Å². The zero-order valence-electron chi connectivity index (χ0n) is 15.1. The van der Waals surface area contributed by atoms with Crippen LogP contribution in [0.2, 0.25) is 0 Å². The lowest BCUT2D eigenvalue weighted by molar-refractivity contribution is -0.141. The summed E-state index contributed by atoms with van der Waals surface area (Å²) in [5, 5.41) is 16.5. The van der Waals surface area contributed by atoms with Gasteiger partial charge in [0.05, 0.1) is 23.8 Å². The number of aliphatic carboxylic acids is 1. The molecule has 1 aliphatic rings. The molecule has 0 aliphatic heterocycles. The molecule has 7 heteroatoms. The van der Waals surface area contributed by atoms with Crippen LogP contribution in [0.1, 0.15) is 30.3 Å². The molecule has 2 aromatic rings. The number of para-hydroxylation sites is 1. The third-order valence-corrected chi connectivity index (χ3v) is 4.74. The van der Waals surface area contributed by atoms with Gasteiger partial charge in [0, 0.05) is 19.3 Å². The number of carbonyl (C=O) groups excluding carboxylic acids is 1. The summed E-state index contributed by atoms with van der Waals surface area (Å²) in [6.07, 6.45) is 3.05. The zero-order chi connectivity index (χ0) is 18.7. The summed E-state index contributed by atoms with van der Waals surface area (Å²) < 4.78 is 1.97. The van der Waals surface area contributed by atoms with E-state index in [4.69, 9.17) is 10.2 Å². The lowest BCUT2D eigenvalue weighted by atomic mass is 10.2. The maximum atomic E-state index is 12.2. The van der Waals surface area contributed by atoms with E-state index in [2.05, 4.69) is 5.32 Å². The van der Waals surface area contributed by atoms with E-state index < -0.39 is 11.9 Å². The quantitative estimate of drug-likeness (QED) is 0.831. The topological polar surface area (TPSA) is 87.5 Å². The van der Waals surface area contributed by atoms with E-state index >= 15 is 0 Å². The highest BCUT2D eigenvalue weighted by atomic mass is 16.4. The summed E-state index contributed by atoms with van der Waals surface area (Å²) in [4.78, 5) is 24.6. The number of hydrogen-bond acceptors (Lipinski definition) is 3. The van der Waals surface area contributed by atoms with Gasteiger partial charge in [-0.2, -0.15) is 5.10 Å². The van der Waals surface area contributed by atoms with Crippen LogP contribution in [-0.2, 0) is 24.2 Å². The van der Waals surface area contributed by atoms with Crippen LogP contribution in [0.5, 0.6) is 0 Å². The number of carboxylic acid groups (broad SMARTS) is 1. The van der Waals surface area contributed by atoms with Crippen molar-refractivity contribution in [1.82, 2.24) is 20.0 Å². The molecule has 1 aliphatic carbocycles. The molecule has 0 spiro atoms. The van der Waals surface area contributed by atoms with Crippen molar-refractivity contribution >= 4 is 12.0 Å². The number of amides is 2. The molecular weight excluding hydrogens is 332 g/mol. The number of fused-ring (bicyclic) bond motifs is 1. The second kappa shape index (κ2) is 7.59. The highest BCUT2D eigenvalue weighted by molar-refractivity contribution is 5.75. The molecule has 2 amide bonds. The molecule has 0 saturated heterocycles. The Morgan fingerprint density at radius 2 is 2.04 bits per heavy atom. The summed E-state index contributed by atoms with van der Waals surface area (Å²) in [5.41, 5.74) is 4.34. The molecule has 1 aromatic heterocycles. The van der Waals surface area contributed by atoms with E-state index in [-0.39, 0.29) is 12.6 Å². The molecule has 3 rings (SSSR count). The SMILES string of the molecule is CC(CN(C)C(=O)NCc1nn(-c2ccccc2)c2c1CCC2)C(=O)O. The second-order valence-electron chi connectivity index (χ2n) is 6.75. The number of nitrogens with zero attached hydrogens (tertiary/aromatic N) is 3. The van der Waals surface area contributed by atoms with Crippen molar-refractivity contribution < 1.29 is 14.7 Å². The molecule has 1 heterocycles. The summed E-state index contributed by atoms with van der Waals surface area (Å²) >= 11 is 0. The van der Waals surface area contributed by atoms with Gasteiger partial charge < -0.3 is 15.3 Å². The number of rotatable bonds is 6. The highest BCUT2D eigenvalue weighted by Crippen LogP contribution is 2.27. The van der Waals surface area contributed by atoms with Crippen molar-refractivity contribution in [2.75, 3.05) is 13.6 Å². The van der Waals surface area contributed by atoms with Crippen molar-refractivity contribution in [2.45, 2.75) is 32.7 Å². The third kappa shape index (κ3) is 3.71. The molecule has 1 aromatic carbocycles. The number of carboxylic acids is 1. The van der Waals surface area contributed by atoms with Crippen LogP contribution in [0, 0.1) is 5.92 Å². The predicted octanol–water partition coefficient (Wildman–Crippen LogP) is 2.22. The van der Waals surface area contributed by atoms with E-state index in [1.165, 1.54) is 16.2 Å². The Morgan fingerprint density at radius 1 is 1.31 bits per heavy atom. The van der Waals surface area contributed by atoms with E-state index in [1.807, 2.05) is 35.0 Å². The van der Waals surface area contributed by atoms with Crippen LogP contribution in [0.25, 0.3) is 5.69 Å². The molecule has 26 heavy (non-hydrogen) atoms. The van der Waals surface area contributed by atoms with Crippen LogP contribution in [0.15, 0.2) is 30.3 Å². The fourth-order valence-electron chi connectivity index (χ4n) is 3.30. The first-order valence-corrected chi connectivity index (χ1v) is 8.84. The van der Waals surface area contributed by atoms with Gasteiger partial charge in [-0.3, -0.25) is 4.79 Å². The smallest absolute Gasteiger partial charge is 0.317 e. The maximum Gasteiger partial charge on any atom is 0.317 e. The predicted molar refractivity (Wildman–Crippen MR) is 97.3 cm³/mol. The van der Waals surface area contributed by atoms with Crippen molar-refractivity contribution in [3.05, 3.63) is 47.3 Å². The summed E-state index contributed by atoms with van der Waals surface area (Å²) in [6.45, 7) is 2.09. The van der Waals surface area contributed by atoms with E-state index in [0.29, 0.717) is 6.54 Å². The molecule has 0 radical (unpaired) electrons. The largest absolute Gasteiger partial charge is 0.481 e. The van der Waals surface area contributed by atoms with Crippen molar-refractivity contribution in [3.63, 3.8) is 0 Å². The van der Waals surface area contributed by atoms with Gasteiger partial charge in [0.15, 0.2) is 0 Å². The summed E-state index contributed by atoms with van der Waals surface area (Å²) in [7, 11) is 1.60. The Bertz CT molecular complexity index is 801. The van der Waals surface area contributed by atoms with Gasteiger partial charge >= 0.3 is 12.0 Å². The van der Waals surface area contributed by atoms with Crippen LogP contribution >= 0.6 is 0 Å². The first-order chi connectivity index (χ1) is 12.5. The highest BCUT2D eigenvalue weighted by Gasteiger charge is 2.24. The standard InChI is InChI=1S/C19H24N4O3/c1-13(18(24)25)12-22(2)19(26)20-11-16-15-9-6-10-17(15)23(21-16)14-7-4-3-5-8-14/h3-5,7-8,13H,6,9-12H2,1-2H3,(H,20,26)(H,24,25). The third-order valence-electron chi connectivity index (χ3n) is 4.74. The molecule has 7 nitrogen and oxygen atoms in total. The minimum atomic E-state index is -0.913. The van der Waals surface area contributed by atoms with Gasteiger partial charge in [0.1, 0.15) is 0 Å². The van der Waals surface area contributed by atoms with Crippen molar-refractivity contribution in [2.24, 2.45) is 5.92 Å². The molecule has 0 saturated carbocycles. The minimum absolute atomic E-state index is 0.164. The average Bonchev–Trinajstić information content (AvgIpc) is 3.23. The monoisotopic (exact) mass is 356 g/mol. The van der Waals surface area contributed by atoms with Crippen LogP contribution < -0.4 is 5.32 Å². The minimum Gasteiger partial charge on any atom is -0.481 e. The normalized spacial score (nSPS) is 13.9. The first-order valence-electron chi connectivity index (χ1n) is 8.84. The Morgan fingerprint density at radius 3 is 2.73 bits per heavy atom. The summed E-state index contributed by atoms with van der Waals surface area (Å²) in [6, 6.07) is 9.70. The van der Waals surface area contributed by atoms with Gasteiger partial charge in [0.25, 0.3) is 0 Å². The Labute approximate surface area is 152 Å². The lowest BCUT2D eigenvalue weighted by Gasteiger charge is -2.19. The van der Waals surface area contributed by atoms with Crippen LogP contribution in [0.3, 0.4) is 0 Å². The Hall–Kier alpha value is -2.83. The number of benzene rings is 1. The molecule has 0 bridgehead atoms. The second-order valence-corrected chi connectivity index (χ2v) is 6.75. The van der Waals surface area contributed by atoms with Gasteiger partial charge in [-0.25, -0.2) is 9.48 Å². The first kappa shape index (κ1) is 18.0. The zero-order valence-corrected chi connectivity index (χ0v) is 15.1. The fraction of sp³-hybridized carbons (Fsp3) is 0.421. The molecule has 1 unspecified atom stereocenters. The molecular formula is C19H24N4O3. The number of hydrogen-bond donors (Lipinski definition) is 2. The number of carbonyl (C=O) groups is 2. The van der Waals surface area contributed by atoms with E-state index in [0.717, 1.165) is 30.6 Å². The number of aromatic nitrogens is 2. The molecule has 2 N–H and O–H groups in total. The van der Waals surface area contributed by atoms with Gasteiger partial charge in [-0.1, -0.05) is 25.1 Å². The van der Waals surface area contributed by atoms with E-state index in [9.17, 15) is 9.59 Å². The number of urea groups is 1. The van der Waals surface area contributed by atoms with Crippen molar-refractivity contribution in [1.29, 1.82) is 0 Å².